The van der Waals surface area contributed by atoms with Crippen molar-refractivity contribution in [2.45, 2.75) is 19.0 Å². The molecular weight excluding hydrogens is 174 g/mol. The molecule has 1 aromatic rings. The molecule has 1 aliphatic rings. The minimum absolute atomic E-state index is 0.119. The summed E-state index contributed by atoms with van der Waals surface area (Å²) in [4.78, 5) is 0. The van der Waals surface area contributed by atoms with Crippen molar-refractivity contribution in [1.82, 2.24) is 10.9 Å². The molecule has 3 atom stereocenters. The first-order valence-electron chi connectivity index (χ1n) is 5.08. The van der Waals surface area contributed by atoms with Gasteiger partial charge in [0.05, 0.1) is 0 Å². The zero-order valence-electron chi connectivity index (χ0n) is 8.40. The highest BCUT2D eigenvalue weighted by molar-refractivity contribution is 5.20. The summed E-state index contributed by atoms with van der Waals surface area (Å²) in [7, 11) is 0. The van der Waals surface area contributed by atoms with E-state index in [0.717, 1.165) is 6.54 Å². The molecule has 0 radical (unpaired) electrons. The zero-order valence-corrected chi connectivity index (χ0v) is 8.40. The maximum atomic E-state index is 6.21. The third-order valence-electron chi connectivity index (χ3n) is 2.96. The van der Waals surface area contributed by atoms with E-state index in [1.807, 2.05) is 18.2 Å². The van der Waals surface area contributed by atoms with Crippen molar-refractivity contribution in [3.63, 3.8) is 0 Å². The molecule has 4 N–H and O–H groups in total. The lowest BCUT2D eigenvalue weighted by atomic mass is 9.90. The molecule has 3 nitrogen and oxygen atoms in total. The van der Waals surface area contributed by atoms with Gasteiger partial charge >= 0.3 is 0 Å². The van der Waals surface area contributed by atoms with Gasteiger partial charge in [0.2, 0.25) is 0 Å². The minimum Gasteiger partial charge on any atom is -0.324 e. The zero-order chi connectivity index (χ0) is 9.97. The monoisotopic (exact) mass is 191 g/mol. The summed E-state index contributed by atoms with van der Waals surface area (Å²) in [6.07, 6.45) is 0. The van der Waals surface area contributed by atoms with E-state index in [2.05, 4.69) is 29.9 Å². The second-order valence-electron chi connectivity index (χ2n) is 3.91. The van der Waals surface area contributed by atoms with Crippen LogP contribution in [0.5, 0.6) is 0 Å². The lowest BCUT2D eigenvalue weighted by Gasteiger charge is -2.21. The number of nitrogens with one attached hydrogen (secondary N) is 2. The van der Waals surface area contributed by atoms with Crippen LogP contribution < -0.4 is 16.6 Å². The van der Waals surface area contributed by atoms with Crippen LogP contribution in [0.15, 0.2) is 30.3 Å². The second kappa shape index (κ2) is 4.09. The quantitative estimate of drug-likeness (QED) is 0.648. The highest BCUT2D eigenvalue weighted by Crippen LogP contribution is 2.23. The summed E-state index contributed by atoms with van der Waals surface area (Å²) in [6, 6.07) is 10.8. The Hall–Kier alpha value is -0.900. The van der Waals surface area contributed by atoms with Crippen molar-refractivity contribution in [2.24, 2.45) is 11.7 Å². The molecular formula is C11H17N3. The van der Waals surface area contributed by atoms with Gasteiger partial charge in [-0.1, -0.05) is 30.3 Å². The Labute approximate surface area is 84.7 Å². The molecule has 0 amide bonds. The first-order valence-corrected chi connectivity index (χ1v) is 5.08. The van der Waals surface area contributed by atoms with Crippen LogP contribution in [0.25, 0.3) is 0 Å². The van der Waals surface area contributed by atoms with Gasteiger partial charge in [-0.05, 0) is 12.5 Å². The number of hydrazine groups is 1. The van der Waals surface area contributed by atoms with Crippen molar-refractivity contribution in [2.75, 3.05) is 6.54 Å². The molecule has 1 saturated heterocycles. The fraction of sp³-hybridized carbons (Fsp3) is 0.455. The van der Waals surface area contributed by atoms with Gasteiger partial charge < -0.3 is 5.73 Å². The molecule has 1 fully saturated rings. The van der Waals surface area contributed by atoms with Crippen LogP contribution >= 0.6 is 0 Å². The van der Waals surface area contributed by atoms with Gasteiger partial charge in [0.1, 0.15) is 0 Å². The summed E-state index contributed by atoms with van der Waals surface area (Å²) in [5.74, 6) is 0.470. The number of nitrogens with two attached hydrogens (primary N) is 1. The maximum Gasteiger partial charge on any atom is 0.0351 e. The molecule has 1 aromatic carbocycles. The normalized spacial score (nSPS) is 29.0. The molecule has 1 aliphatic heterocycles. The Morgan fingerprint density at radius 1 is 1.36 bits per heavy atom. The van der Waals surface area contributed by atoms with Gasteiger partial charge in [-0.2, -0.15) is 0 Å². The summed E-state index contributed by atoms with van der Waals surface area (Å²) < 4.78 is 0. The highest BCUT2D eigenvalue weighted by Gasteiger charge is 2.28. The van der Waals surface area contributed by atoms with Crippen molar-refractivity contribution in [3.8, 4) is 0 Å². The first-order chi connectivity index (χ1) is 6.79. The van der Waals surface area contributed by atoms with E-state index in [0.29, 0.717) is 12.0 Å². The predicted octanol–water partition coefficient (Wildman–Crippen LogP) is 0.799. The van der Waals surface area contributed by atoms with E-state index < -0.39 is 0 Å². The third-order valence-corrected chi connectivity index (χ3v) is 2.96. The fourth-order valence-corrected chi connectivity index (χ4v) is 1.98. The molecule has 3 heteroatoms. The Kier molecular flexibility index (Phi) is 2.82. The molecule has 3 unspecified atom stereocenters. The molecule has 1 heterocycles. The van der Waals surface area contributed by atoms with E-state index in [1.165, 1.54) is 5.56 Å². The van der Waals surface area contributed by atoms with Crippen LogP contribution in [0.2, 0.25) is 0 Å². The van der Waals surface area contributed by atoms with Crippen LogP contribution in [0, 0.1) is 5.92 Å². The van der Waals surface area contributed by atoms with E-state index >= 15 is 0 Å². The Balaban J connectivity index is 2.12. The molecule has 0 aliphatic carbocycles. The van der Waals surface area contributed by atoms with Crippen LogP contribution in [0.1, 0.15) is 18.5 Å². The molecule has 76 valence electrons. The average molecular weight is 191 g/mol. The number of hydrogen-bond acceptors (Lipinski definition) is 3. The van der Waals surface area contributed by atoms with E-state index in [-0.39, 0.29) is 6.04 Å². The van der Waals surface area contributed by atoms with E-state index in [1.54, 1.807) is 0 Å². The van der Waals surface area contributed by atoms with Crippen LogP contribution in [-0.2, 0) is 0 Å². The number of benzene rings is 1. The maximum absolute atomic E-state index is 6.21. The van der Waals surface area contributed by atoms with Crippen molar-refractivity contribution in [3.05, 3.63) is 35.9 Å². The molecule has 0 bridgehead atoms. The van der Waals surface area contributed by atoms with Crippen molar-refractivity contribution in [1.29, 1.82) is 0 Å². The van der Waals surface area contributed by atoms with Crippen molar-refractivity contribution < 1.29 is 0 Å². The average Bonchev–Trinajstić information content (AvgIpc) is 2.65. The molecule has 14 heavy (non-hydrogen) atoms. The van der Waals surface area contributed by atoms with Gasteiger partial charge in [-0.25, -0.2) is 0 Å². The largest absolute Gasteiger partial charge is 0.324 e. The third kappa shape index (κ3) is 1.80. The highest BCUT2D eigenvalue weighted by atomic mass is 15.4. The molecule has 0 saturated carbocycles. The first kappa shape index (κ1) is 9.65. The lowest BCUT2D eigenvalue weighted by molar-refractivity contribution is 0.414. The summed E-state index contributed by atoms with van der Waals surface area (Å²) in [5.41, 5.74) is 13.8. The number of hydrogen-bond donors (Lipinski definition) is 3. The van der Waals surface area contributed by atoms with Gasteiger partial charge in [0, 0.05) is 24.5 Å². The second-order valence-corrected chi connectivity index (χ2v) is 3.91. The van der Waals surface area contributed by atoms with E-state index in [4.69, 9.17) is 5.73 Å². The molecule has 0 spiro atoms. The number of rotatable bonds is 2. The van der Waals surface area contributed by atoms with Crippen LogP contribution in [-0.4, -0.2) is 12.6 Å². The van der Waals surface area contributed by atoms with Crippen molar-refractivity contribution >= 4 is 0 Å². The fourth-order valence-electron chi connectivity index (χ4n) is 1.98. The lowest BCUT2D eigenvalue weighted by Crippen LogP contribution is -2.32. The standard InChI is InChI=1S/C11H17N3/c1-8-10(7-13-14-8)11(12)9-5-3-2-4-6-9/h2-6,8,10-11,13-14H,7,12H2,1H3. The predicted molar refractivity (Wildman–Crippen MR) is 57.5 cm³/mol. The topological polar surface area (TPSA) is 50.1 Å². The minimum atomic E-state index is 0.119. The Morgan fingerprint density at radius 3 is 2.64 bits per heavy atom. The SMILES string of the molecule is CC1NNCC1C(N)c1ccccc1. The smallest absolute Gasteiger partial charge is 0.0351 e. The van der Waals surface area contributed by atoms with Crippen LogP contribution in [0.3, 0.4) is 0 Å². The van der Waals surface area contributed by atoms with Gasteiger partial charge in [-0.15, -0.1) is 0 Å². The molecule has 0 aromatic heterocycles. The summed E-state index contributed by atoms with van der Waals surface area (Å²) in [6.45, 7) is 3.10. The van der Waals surface area contributed by atoms with Gasteiger partial charge in [-0.3, -0.25) is 10.9 Å². The summed E-state index contributed by atoms with van der Waals surface area (Å²) >= 11 is 0. The summed E-state index contributed by atoms with van der Waals surface area (Å²) in [5, 5.41) is 0. The van der Waals surface area contributed by atoms with E-state index in [9.17, 15) is 0 Å². The Bertz CT molecular complexity index is 286. The van der Waals surface area contributed by atoms with Crippen LogP contribution in [0.4, 0.5) is 0 Å². The van der Waals surface area contributed by atoms with Gasteiger partial charge in [0.15, 0.2) is 0 Å². The van der Waals surface area contributed by atoms with Gasteiger partial charge in [0.25, 0.3) is 0 Å². The molecule has 2 rings (SSSR count). The Morgan fingerprint density at radius 2 is 2.07 bits per heavy atom.